The summed E-state index contributed by atoms with van der Waals surface area (Å²) in [5.74, 6) is 0.108. The van der Waals surface area contributed by atoms with Gasteiger partial charge in [-0.15, -0.1) is 0 Å². The van der Waals surface area contributed by atoms with Gasteiger partial charge in [-0.2, -0.15) is 0 Å². The number of halogens is 1. The number of carbonyl (C=O) groups is 1. The van der Waals surface area contributed by atoms with Crippen LogP contribution in [0.15, 0.2) is 18.2 Å². The van der Waals surface area contributed by atoms with E-state index in [4.69, 9.17) is 0 Å². The Morgan fingerprint density at radius 1 is 1.44 bits per heavy atom. The van der Waals surface area contributed by atoms with Crippen molar-refractivity contribution in [1.29, 1.82) is 0 Å². The predicted molar refractivity (Wildman–Crippen MR) is 58.7 cm³/mol. The van der Waals surface area contributed by atoms with Gasteiger partial charge in [0.25, 0.3) is 5.91 Å². The highest BCUT2D eigenvalue weighted by Gasteiger charge is 2.57. The summed E-state index contributed by atoms with van der Waals surface area (Å²) in [6, 6.07) is 4.63. The molecule has 2 nitrogen and oxygen atoms in total. The Hall–Kier alpha value is -1.38. The molecule has 2 bridgehead atoms. The zero-order valence-corrected chi connectivity index (χ0v) is 9.22. The number of rotatable bonds is 2. The molecule has 3 heteroatoms. The van der Waals surface area contributed by atoms with E-state index in [-0.39, 0.29) is 17.0 Å². The zero-order valence-electron chi connectivity index (χ0n) is 9.22. The van der Waals surface area contributed by atoms with Crippen LogP contribution in [0.25, 0.3) is 0 Å². The molecular formula is C13H14FNO. The molecule has 3 aliphatic rings. The molecule has 0 unspecified atom stereocenters. The third kappa shape index (κ3) is 1.34. The van der Waals surface area contributed by atoms with Crippen LogP contribution >= 0.6 is 0 Å². The SMILES string of the molecule is Cc1ccc(F)c(C(=O)NC23CC(C2)C3)c1. The minimum atomic E-state index is -0.435. The second-order valence-electron chi connectivity index (χ2n) is 5.20. The van der Waals surface area contributed by atoms with Gasteiger partial charge in [0, 0.05) is 5.54 Å². The fraction of sp³-hybridized carbons (Fsp3) is 0.462. The van der Waals surface area contributed by atoms with Crippen molar-refractivity contribution < 1.29 is 9.18 Å². The predicted octanol–water partition coefficient (Wildman–Crippen LogP) is 2.42. The molecule has 0 spiro atoms. The maximum Gasteiger partial charge on any atom is 0.254 e. The molecule has 4 rings (SSSR count). The Bertz CT molecular complexity index is 452. The Morgan fingerprint density at radius 2 is 2.12 bits per heavy atom. The van der Waals surface area contributed by atoms with Gasteiger partial charge in [-0.3, -0.25) is 4.79 Å². The summed E-state index contributed by atoms with van der Waals surface area (Å²) in [7, 11) is 0. The van der Waals surface area contributed by atoms with E-state index in [9.17, 15) is 9.18 Å². The number of nitrogens with one attached hydrogen (secondary N) is 1. The lowest BCUT2D eigenvalue weighted by atomic mass is 9.50. The topological polar surface area (TPSA) is 29.1 Å². The van der Waals surface area contributed by atoms with Crippen LogP contribution in [0.3, 0.4) is 0 Å². The maximum atomic E-state index is 13.5. The van der Waals surface area contributed by atoms with Crippen LogP contribution < -0.4 is 5.32 Å². The molecule has 1 N–H and O–H groups in total. The summed E-state index contributed by atoms with van der Waals surface area (Å²) in [5.41, 5.74) is 1.09. The zero-order chi connectivity index (χ0) is 11.3. The maximum absolute atomic E-state index is 13.5. The van der Waals surface area contributed by atoms with Crippen molar-refractivity contribution in [2.24, 2.45) is 5.92 Å². The van der Waals surface area contributed by atoms with Crippen LogP contribution in [0.1, 0.15) is 35.2 Å². The summed E-state index contributed by atoms with van der Waals surface area (Å²) in [6.45, 7) is 1.86. The van der Waals surface area contributed by atoms with Gasteiger partial charge < -0.3 is 5.32 Å². The largest absolute Gasteiger partial charge is 0.346 e. The lowest BCUT2D eigenvalue weighted by Gasteiger charge is -2.61. The van der Waals surface area contributed by atoms with Gasteiger partial charge in [0.2, 0.25) is 0 Å². The van der Waals surface area contributed by atoms with E-state index < -0.39 is 5.82 Å². The van der Waals surface area contributed by atoms with Crippen molar-refractivity contribution in [3.05, 3.63) is 35.1 Å². The highest BCUT2D eigenvalue weighted by atomic mass is 19.1. The molecular weight excluding hydrogens is 205 g/mol. The summed E-state index contributed by atoms with van der Waals surface area (Å²) in [5, 5.41) is 2.96. The van der Waals surface area contributed by atoms with Crippen molar-refractivity contribution in [3.63, 3.8) is 0 Å². The molecule has 1 amide bonds. The lowest BCUT2D eigenvalue weighted by molar-refractivity contribution is -0.0439. The summed E-state index contributed by atoms with van der Waals surface area (Å²) in [4.78, 5) is 11.9. The van der Waals surface area contributed by atoms with E-state index >= 15 is 0 Å². The Kier molecular flexibility index (Phi) is 1.88. The molecule has 0 aromatic heterocycles. The van der Waals surface area contributed by atoms with Crippen LogP contribution in [0.2, 0.25) is 0 Å². The molecule has 0 radical (unpaired) electrons. The minimum absolute atomic E-state index is 0.0118. The summed E-state index contributed by atoms with van der Waals surface area (Å²) in [6.07, 6.45) is 3.23. The molecule has 3 saturated carbocycles. The van der Waals surface area contributed by atoms with Crippen molar-refractivity contribution >= 4 is 5.91 Å². The van der Waals surface area contributed by atoms with E-state index in [1.165, 1.54) is 6.07 Å². The van der Waals surface area contributed by atoms with Crippen LogP contribution in [-0.2, 0) is 0 Å². The number of hydrogen-bond donors (Lipinski definition) is 1. The molecule has 0 aliphatic heterocycles. The van der Waals surface area contributed by atoms with E-state index in [0.717, 1.165) is 30.7 Å². The first-order valence-electron chi connectivity index (χ1n) is 5.67. The molecule has 3 aliphatic carbocycles. The Morgan fingerprint density at radius 3 is 2.69 bits per heavy atom. The normalized spacial score (nSPS) is 30.2. The second kappa shape index (κ2) is 3.06. The third-order valence-corrected chi connectivity index (χ3v) is 3.78. The quantitative estimate of drug-likeness (QED) is 0.813. The number of amides is 1. The van der Waals surface area contributed by atoms with Gasteiger partial charge in [0.1, 0.15) is 5.82 Å². The second-order valence-corrected chi connectivity index (χ2v) is 5.20. The number of aryl methyl sites for hydroxylation is 1. The number of hydrogen-bond acceptors (Lipinski definition) is 1. The van der Waals surface area contributed by atoms with Crippen LogP contribution in [0, 0.1) is 18.7 Å². The number of benzene rings is 1. The molecule has 0 atom stereocenters. The van der Waals surface area contributed by atoms with Crippen molar-refractivity contribution in [2.75, 3.05) is 0 Å². The van der Waals surface area contributed by atoms with E-state index in [1.54, 1.807) is 12.1 Å². The monoisotopic (exact) mass is 219 g/mol. The van der Waals surface area contributed by atoms with Gasteiger partial charge in [0.15, 0.2) is 0 Å². The van der Waals surface area contributed by atoms with Gasteiger partial charge in [-0.1, -0.05) is 11.6 Å². The molecule has 16 heavy (non-hydrogen) atoms. The van der Waals surface area contributed by atoms with E-state index in [2.05, 4.69) is 5.32 Å². The van der Waals surface area contributed by atoms with Crippen molar-refractivity contribution in [1.82, 2.24) is 5.32 Å². The first-order chi connectivity index (χ1) is 7.58. The van der Waals surface area contributed by atoms with Crippen LogP contribution in [0.4, 0.5) is 4.39 Å². The van der Waals surface area contributed by atoms with Crippen molar-refractivity contribution in [3.8, 4) is 0 Å². The highest BCUT2D eigenvalue weighted by Crippen LogP contribution is 2.56. The fourth-order valence-electron chi connectivity index (χ4n) is 2.75. The fourth-order valence-corrected chi connectivity index (χ4v) is 2.75. The van der Waals surface area contributed by atoms with Crippen LogP contribution in [-0.4, -0.2) is 11.4 Å². The molecule has 0 heterocycles. The first kappa shape index (κ1) is 9.82. The molecule has 0 saturated heterocycles. The average Bonchev–Trinajstić information content (AvgIpc) is 2.13. The van der Waals surface area contributed by atoms with Gasteiger partial charge in [0.05, 0.1) is 5.56 Å². The molecule has 84 valence electrons. The molecule has 3 fully saturated rings. The van der Waals surface area contributed by atoms with Crippen molar-refractivity contribution in [2.45, 2.75) is 31.7 Å². The molecule has 1 aromatic carbocycles. The van der Waals surface area contributed by atoms with E-state index in [0.29, 0.717) is 0 Å². The third-order valence-electron chi connectivity index (χ3n) is 3.78. The molecule has 1 aromatic rings. The Balaban J connectivity index is 1.80. The van der Waals surface area contributed by atoms with Gasteiger partial charge in [-0.05, 0) is 44.2 Å². The minimum Gasteiger partial charge on any atom is -0.346 e. The lowest BCUT2D eigenvalue weighted by Crippen LogP contribution is -2.68. The smallest absolute Gasteiger partial charge is 0.254 e. The standard InChI is InChI=1S/C13H14FNO/c1-8-2-3-11(14)10(4-8)12(16)15-13-5-9(6-13)7-13/h2-4,9H,5-7H2,1H3,(H,15,16). The summed E-state index contributed by atoms with van der Waals surface area (Å²) < 4.78 is 13.5. The van der Waals surface area contributed by atoms with Gasteiger partial charge in [-0.25, -0.2) is 4.39 Å². The van der Waals surface area contributed by atoms with Gasteiger partial charge >= 0.3 is 0 Å². The average molecular weight is 219 g/mol. The summed E-state index contributed by atoms with van der Waals surface area (Å²) >= 11 is 0. The Labute approximate surface area is 93.9 Å². The van der Waals surface area contributed by atoms with E-state index in [1.807, 2.05) is 6.92 Å². The first-order valence-corrected chi connectivity index (χ1v) is 5.67. The highest BCUT2D eigenvalue weighted by molar-refractivity contribution is 5.95. The number of carbonyl (C=O) groups excluding carboxylic acids is 1. The van der Waals surface area contributed by atoms with Crippen LogP contribution in [0.5, 0.6) is 0 Å².